The van der Waals surface area contributed by atoms with E-state index in [9.17, 15) is 0 Å². The van der Waals surface area contributed by atoms with Gasteiger partial charge in [-0.3, -0.25) is 0 Å². The molecule has 0 amide bonds. The van der Waals surface area contributed by atoms with Crippen molar-refractivity contribution in [2.24, 2.45) is 0 Å². The molecule has 2 aliphatic carbocycles. The summed E-state index contributed by atoms with van der Waals surface area (Å²) in [4.78, 5) is 28.8. The van der Waals surface area contributed by atoms with E-state index in [0.717, 1.165) is 50.0 Å². The van der Waals surface area contributed by atoms with E-state index < -0.39 is 16.6 Å². The molecule has 0 saturated carbocycles. The maximum Gasteiger partial charge on any atom is 0.164 e. The fourth-order valence-electron chi connectivity index (χ4n) is 18.6. The van der Waals surface area contributed by atoms with Gasteiger partial charge in [0.1, 0.15) is 7.85 Å². The molecule has 10 nitrogen and oxygen atoms in total. The molecule has 0 bridgehead atoms. The van der Waals surface area contributed by atoms with Gasteiger partial charge in [0.15, 0.2) is 34.9 Å². The van der Waals surface area contributed by atoms with Crippen LogP contribution in [0.15, 0.2) is 388 Å². The highest BCUT2D eigenvalue weighted by Crippen LogP contribution is 2.63. The van der Waals surface area contributed by atoms with E-state index in [-0.39, 0.29) is 5.41 Å². The normalized spacial score (nSPS) is 13.0. The number of halogens is 1. The zero-order valence-electron chi connectivity index (χ0n) is 67.4. The van der Waals surface area contributed by atoms with E-state index in [2.05, 4.69) is 267 Å². The van der Waals surface area contributed by atoms with Crippen LogP contribution in [-0.2, 0) is 10.8 Å². The fraction of sp³-hybridized carbons (Fsp3) is 0.0727. The van der Waals surface area contributed by atoms with Crippen molar-refractivity contribution in [3.63, 3.8) is 0 Å². The average molecular weight is 1590 g/mol. The minimum Gasteiger partial charge on any atom is -0.387 e. The first kappa shape index (κ1) is 74.9. The van der Waals surface area contributed by atoms with Gasteiger partial charge in [0, 0.05) is 59.9 Å². The minimum atomic E-state index is -1.01. The van der Waals surface area contributed by atoms with Gasteiger partial charge in [0.2, 0.25) is 0 Å². The van der Waals surface area contributed by atoms with Crippen LogP contribution in [0.4, 0.5) is 0 Å². The quantitative estimate of drug-likeness (QED) is 0.144. The summed E-state index contributed by atoms with van der Waals surface area (Å²) in [5.74, 6) is 3.89. The first-order valence-corrected chi connectivity index (χ1v) is 41.5. The van der Waals surface area contributed by atoms with Crippen molar-refractivity contribution in [3.8, 4) is 113 Å². The van der Waals surface area contributed by atoms with Crippen molar-refractivity contribution in [2.45, 2.75) is 49.7 Å². The van der Waals surface area contributed by atoms with Gasteiger partial charge in [-0.2, -0.15) is 0 Å². The van der Waals surface area contributed by atoms with Crippen LogP contribution in [0.2, 0.25) is 5.02 Å². The summed E-state index contributed by atoms with van der Waals surface area (Å²) >= 11 is 6.00. The highest BCUT2D eigenvalue weighted by atomic mass is 35.5. The summed E-state index contributed by atoms with van der Waals surface area (Å²) in [6.45, 7) is 6.31. The molecule has 0 saturated heterocycles. The molecule has 0 unspecified atom stereocenters. The second-order valence-electron chi connectivity index (χ2n) is 32.6. The van der Waals surface area contributed by atoms with Crippen molar-refractivity contribution in [2.75, 3.05) is 0 Å². The summed E-state index contributed by atoms with van der Waals surface area (Å²) in [6.07, 6.45) is 0. The highest BCUT2D eigenvalue weighted by molar-refractivity contribution is 6.32. The topological polar surface area (TPSA) is 128 Å². The molecule has 122 heavy (non-hydrogen) atoms. The Morgan fingerprint density at radius 2 is 0.525 bits per heavy atom. The number of hydrogen-bond donors (Lipinski definition) is 2. The molecule has 24 rings (SSSR count). The second-order valence-corrected chi connectivity index (χ2v) is 33.0. The Morgan fingerprint density at radius 1 is 0.254 bits per heavy atom. The lowest BCUT2D eigenvalue weighted by Gasteiger charge is -2.39. The summed E-state index contributed by atoms with van der Waals surface area (Å²) in [6, 6.07) is 137. The molecule has 16 aromatic carbocycles. The molecule has 4 aliphatic rings. The standard InChI is InChI=1S/C52H32N4.C31H18BN.C21H14ClN3.C6H14O2/c1-3-14-34(15-4-1)49-53-50(35-16-5-2-6-17-35)55-51(54-49)36-28-26-33(27-29-36)37-30-31-44-47(32-37)56-46-25-12-9-20-40(46)41-21-13-24-45(48(41)56)52(44)42-22-10-7-18-38(42)39-19-8-11-23-43(39)52;32-19-16-17-26-29(18-19)33-28-15-6-3-10-22(28)23-11-7-14-27(30(23)33)31(26)24-12-4-1-8-20(24)21-9-2-5-13-25(21)31;22-18-13-11-17(12-14-18)21-24-19(15-7-3-1-4-8-15)23-20(25-21)16-9-5-2-6-10-16;1-5(2,7)6(3,4)8/h1-32H;1-18H;1-14H;7-8H,1-4H3. The van der Waals surface area contributed by atoms with Gasteiger partial charge < -0.3 is 19.3 Å². The molecule has 12 heteroatoms. The Morgan fingerprint density at radius 3 is 0.885 bits per heavy atom. The molecule has 4 aromatic heterocycles. The van der Waals surface area contributed by atoms with Crippen LogP contribution in [-0.4, -0.2) is 68.3 Å². The largest absolute Gasteiger partial charge is 0.387 e. The average Bonchev–Trinajstić information content (AvgIpc) is 1.50. The lowest BCUT2D eigenvalue weighted by atomic mass is 9.65. The first-order chi connectivity index (χ1) is 59.6. The molecule has 2 aliphatic heterocycles. The molecular formula is C110H78BClN8O2. The summed E-state index contributed by atoms with van der Waals surface area (Å²) in [7, 11) is 6.41. The predicted molar refractivity (Wildman–Crippen MR) is 498 cm³/mol. The van der Waals surface area contributed by atoms with Gasteiger partial charge in [-0.25, -0.2) is 29.9 Å². The molecule has 2 N–H and O–H groups in total. The molecular weight excluding hydrogens is 1510 g/mol. The Kier molecular flexibility index (Phi) is 18.3. The van der Waals surface area contributed by atoms with E-state index in [4.69, 9.17) is 44.6 Å². The molecule has 0 atom stereocenters. The number of aliphatic hydroxyl groups is 2. The Balaban J connectivity index is 0.000000117. The third-order valence-electron chi connectivity index (χ3n) is 24.9. The second kappa shape index (κ2) is 29.7. The SMILES string of the molecule is CC(C)(O)C(C)(C)O.Clc1ccc(-c2nc(-c3ccccc3)nc(-c3ccccc3)n2)cc1.[B]c1ccc2c(c1)-n1c3ccccc3c3cccc(c31)C21c2ccccc2-c2ccccc21.c1ccc(-c2nc(-c3ccccc3)nc(-c3ccc(-c4ccc5c(c4)-n4c6ccccc6c6cccc(c64)C54c5ccccc5-c5ccccc54)cc3)n2)cc1. The van der Waals surface area contributed by atoms with Gasteiger partial charge in [0.05, 0.1) is 55.5 Å². The lowest BCUT2D eigenvalue weighted by Crippen LogP contribution is -2.44. The van der Waals surface area contributed by atoms with Crippen LogP contribution in [0.1, 0.15) is 72.2 Å². The first-order valence-electron chi connectivity index (χ1n) is 41.2. The molecule has 20 aromatic rings. The summed E-state index contributed by atoms with van der Waals surface area (Å²) in [5, 5.41) is 24.0. The molecule has 2 spiro atoms. The molecule has 2 radical (unpaired) electrons. The van der Waals surface area contributed by atoms with E-state index in [1.807, 2.05) is 146 Å². The number of aromatic nitrogens is 8. The van der Waals surface area contributed by atoms with Crippen LogP contribution in [0.5, 0.6) is 0 Å². The van der Waals surface area contributed by atoms with Gasteiger partial charge in [0.25, 0.3) is 0 Å². The van der Waals surface area contributed by atoms with Crippen LogP contribution < -0.4 is 5.46 Å². The highest BCUT2D eigenvalue weighted by Gasteiger charge is 2.53. The fourth-order valence-corrected chi connectivity index (χ4v) is 18.7. The van der Waals surface area contributed by atoms with Crippen LogP contribution in [0.25, 0.3) is 157 Å². The van der Waals surface area contributed by atoms with Gasteiger partial charge in [-0.05, 0) is 154 Å². The van der Waals surface area contributed by atoms with Crippen molar-refractivity contribution < 1.29 is 10.2 Å². The van der Waals surface area contributed by atoms with Gasteiger partial charge >= 0.3 is 0 Å². The van der Waals surface area contributed by atoms with E-state index in [1.165, 1.54) is 122 Å². The smallest absolute Gasteiger partial charge is 0.164 e. The lowest BCUT2D eigenvalue weighted by molar-refractivity contribution is -0.107. The third-order valence-corrected chi connectivity index (χ3v) is 25.1. The molecule has 0 fully saturated rings. The summed E-state index contributed by atoms with van der Waals surface area (Å²) < 4.78 is 4.95. The van der Waals surface area contributed by atoms with E-state index in [1.54, 1.807) is 27.7 Å². The minimum absolute atomic E-state index is 0.375. The Bertz CT molecular complexity index is 7270. The van der Waals surface area contributed by atoms with Crippen LogP contribution in [0, 0.1) is 0 Å². The Hall–Kier alpha value is -14.6. The maximum atomic E-state index is 9.10. The van der Waals surface area contributed by atoms with Crippen molar-refractivity contribution >= 4 is 68.5 Å². The van der Waals surface area contributed by atoms with Gasteiger partial charge in [-0.15, -0.1) is 0 Å². The Labute approximate surface area is 713 Å². The van der Waals surface area contributed by atoms with E-state index in [0.29, 0.717) is 40.0 Å². The van der Waals surface area contributed by atoms with Crippen molar-refractivity contribution in [3.05, 3.63) is 438 Å². The number of nitrogens with zero attached hydrogens (tertiary/aromatic N) is 8. The van der Waals surface area contributed by atoms with Crippen LogP contribution >= 0.6 is 11.6 Å². The molecule has 580 valence electrons. The number of benzene rings is 16. The van der Waals surface area contributed by atoms with Crippen molar-refractivity contribution in [1.82, 2.24) is 39.0 Å². The van der Waals surface area contributed by atoms with E-state index >= 15 is 0 Å². The third kappa shape index (κ3) is 12.2. The zero-order chi connectivity index (χ0) is 82.6. The maximum absolute atomic E-state index is 9.10. The van der Waals surface area contributed by atoms with Gasteiger partial charge in [-0.1, -0.05) is 357 Å². The van der Waals surface area contributed by atoms with Crippen LogP contribution in [0.3, 0.4) is 0 Å². The van der Waals surface area contributed by atoms with Crippen molar-refractivity contribution in [1.29, 1.82) is 0 Å². The number of para-hydroxylation sites is 4. The summed E-state index contributed by atoms with van der Waals surface area (Å²) in [5.41, 5.74) is 29.1. The molecule has 6 heterocycles. The monoisotopic (exact) mass is 1590 g/mol. The zero-order valence-corrected chi connectivity index (χ0v) is 68.1. The number of fused-ring (bicyclic) bond motifs is 24. The predicted octanol–water partition coefficient (Wildman–Crippen LogP) is 24.6. The number of hydrogen-bond acceptors (Lipinski definition) is 8. The number of rotatable bonds is 8.